The summed E-state index contributed by atoms with van der Waals surface area (Å²) in [6.07, 6.45) is 0.687. The normalized spacial score (nSPS) is 13.3. The lowest BCUT2D eigenvalue weighted by Crippen LogP contribution is -2.22. The zero-order valence-electron chi connectivity index (χ0n) is 15.0. The van der Waals surface area contributed by atoms with Gasteiger partial charge in [0.1, 0.15) is 13.2 Å². The lowest BCUT2D eigenvalue weighted by atomic mass is 10.1. The molecule has 0 bridgehead atoms. The fourth-order valence-corrected chi connectivity index (χ4v) is 3.71. The minimum Gasteiger partial charge on any atom is -0.486 e. The van der Waals surface area contributed by atoms with Gasteiger partial charge in [0, 0.05) is 16.3 Å². The first kappa shape index (κ1) is 19.6. The maximum atomic E-state index is 12.1. The van der Waals surface area contributed by atoms with Gasteiger partial charge in [-0.25, -0.2) is 5.43 Å². The van der Waals surface area contributed by atoms with Gasteiger partial charge < -0.3 is 9.47 Å². The minimum absolute atomic E-state index is 0.143. The quantitative estimate of drug-likeness (QED) is 0.552. The van der Waals surface area contributed by atoms with Gasteiger partial charge in [0.05, 0.1) is 11.5 Å². The van der Waals surface area contributed by atoms with Gasteiger partial charge in [-0.05, 0) is 36.2 Å². The van der Waals surface area contributed by atoms with E-state index in [4.69, 9.17) is 21.1 Å². The van der Waals surface area contributed by atoms with Crippen molar-refractivity contribution in [2.45, 2.75) is 19.1 Å². The Morgan fingerprint density at radius 1 is 1.19 bits per heavy atom. The molecule has 0 fully saturated rings. The van der Waals surface area contributed by atoms with Crippen LogP contribution in [0.15, 0.2) is 47.6 Å². The topological polar surface area (TPSA) is 59.9 Å². The molecule has 3 rings (SSSR count). The third kappa shape index (κ3) is 5.40. The van der Waals surface area contributed by atoms with E-state index < -0.39 is 0 Å². The predicted octanol–water partition coefficient (Wildman–Crippen LogP) is 4.27. The average Bonchev–Trinajstić information content (AvgIpc) is 2.70. The summed E-state index contributed by atoms with van der Waals surface area (Å²) in [4.78, 5) is 12.1. The second-order valence-electron chi connectivity index (χ2n) is 5.89. The first-order valence-electron chi connectivity index (χ1n) is 8.74. The molecule has 0 saturated heterocycles. The summed E-state index contributed by atoms with van der Waals surface area (Å²) in [5, 5.41) is 5.00. The minimum atomic E-state index is -0.143. The molecule has 0 spiro atoms. The Kier molecular flexibility index (Phi) is 7.01. The molecule has 0 atom stereocenters. The number of hydrogen-bond donors (Lipinski definition) is 1. The van der Waals surface area contributed by atoms with E-state index in [2.05, 4.69) is 10.5 Å². The second-order valence-corrected chi connectivity index (χ2v) is 7.28. The van der Waals surface area contributed by atoms with E-state index in [1.807, 2.05) is 49.4 Å². The summed E-state index contributed by atoms with van der Waals surface area (Å²) in [6, 6.07) is 13.3. The zero-order chi connectivity index (χ0) is 19.1. The van der Waals surface area contributed by atoms with Crippen molar-refractivity contribution in [1.29, 1.82) is 0 Å². The van der Waals surface area contributed by atoms with Crippen LogP contribution in [0.25, 0.3) is 0 Å². The average molecular weight is 405 g/mol. The molecule has 0 saturated carbocycles. The Morgan fingerprint density at radius 2 is 1.96 bits per heavy atom. The second kappa shape index (κ2) is 9.67. The van der Waals surface area contributed by atoms with Gasteiger partial charge in [-0.3, -0.25) is 4.79 Å². The number of halogens is 1. The number of hydrogen-bond acceptors (Lipinski definition) is 5. The molecular formula is C20H21ClN2O3S. The number of ether oxygens (including phenoxy) is 2. The first-order chi connectivity index (χ1) is 13.2. The largest absolute Gasteiger partial charge is 0.486 e. The third-order valence-electron chi connectivity index (χ3n) is 3.97. The maximum absolute atomic E-state index is 12.1. The summed E-state index contributed by atoms with van der Waals surface area (Å²) in [5.41, 5.74) is 5.35. The van der Waals surface area contributed by atoms with E-state index >= 15 is 0 Å². The Morgan fingerprint density at radius 3 is 2.74 bits per heavy atom. The number of hydrazone groups is 1. The number of nitrogens with zero attached hydrogens (tertiary/aromatic N) is 1. The van der Waals surface area contributed by atoms with E-state index in [9.17, 15) is 4.79 Å². The van der Waals surface area contributed by atoms with Crippen LogP contribution in [0.2, 0.25) is 5.02 Å². The Labute approximate surface area is 168 Å². The number of fused-ring (bicyclic) bond motifs is 1. The summed E-state index contributed by atoms with van der Waals surface area (Å²) in [7, 11) is 0. The van der Waals surface area contributed by atoms with Gasteiger partial charge >= 0.3 is 0 Å². The van der Waals surface area contributed by atoms with Crippen LogP contribution in [0.1, 0.15) is 24.5 Å². The predicted molar refractivity (Wildman–Crippen MR) is 110 cm³/mol. The van der Waals surface area contributed by atoms with E-state index in [0.29, 0.717) is 36.9 Å². The van der Waals surface area contributed by atoms with Crippen LogP contribution >= 0.6 is 23.4 Å². The molecule has 2 aromatic rings. The lowest BCUT2D eigenvalue weighted by molar-refractivity contribution is -0.118. The fraction of sp³-hybridized carbons (Fsp3) is 0.300. The molecule has 0 aliphatic carbocycles. The molecule has 7 heteroatoms. The number of nitrogens with one attached hydrogen (secondary N) is 1. The van der Waals surface area contributed by atoms with Gasteiger partial charge in [-0.15, -0.1) is 11.8 Å². The maximum Gasteiger partial charge on any atom is 0.250 e. The summed E-state index contributed by atoms with van der Waals surface area (Å²) in [5.74, 6) is 2.30. The van der Waals surface area contributed by atoms with Gasteiger partial charge in [-0.2, -0.15) is 5.10 Å². The van der Waals surface area contributed by atoms with Crippen LogP contribution in [-0.4, -0.2) is 30.6 Å². The molecule has 1 heterocycles. The molecule has 27 heavy (non-hydrogen) atoms. The number of carbonyl (C=O) groups is 1. The molecule has 0 unspecified atom stereocenters. The summed E-state index contributed by atoms with van der Waals surface area (Å²) < 4.78 is 11.1. The van der Waals surface area contributed by atoms with Crippen LogP contribution in [0.4, 0.5) is 0 Å². The molecule has 0 radical (unpaired) electrons. The van der Waals surface area contributed by atoms with E-state index in [1.54, 1.807) is 0 Å². The highest BCUT2D eigenvalue weighted by atomic mass is 35.5. The van der Waals surface area contributed by atoms with Crippen molar-refractivity contribution in [2.75, 3.05) is 19.0 Å². The van der Waals surface area contributed by atoms with Gasteiger partial charge in [0.15, 0.2) is 11.5 Å². The van der Waals surface area contributed by atoms with Crippen LogP contribution in [0.5, 0.6) is 11.5 Å². The first-order valence-corrected chi connectivity index (χ1v) is 10.3. The number of amides is 1. The highest BCUT2D eigenvalue weighted by Gasteiger charge is 2.13. The van der Waals surface area contributed by atoms with Crippen LogP contribution in [0.3, 0.4) is 0 Å². The third-order valence-corrected chi connectivity index (χ3v) is 5.32. The summed E-state index contributed by atoms with van der Waals surface area (Å²) >= 11 is 7.62. The molecule has 1 N–H and O–H groups in total. The highest BCUT2D eigenvalue weighted by Crippen LogP contribution is 2.31. The molecule has 1 aliphatic heterocycles. The molecule has 1 amide bonds. The van der Waals surface area contributed by atoms with Crippen molar-refractivity contribution in [3.05, 3.63) is 58.6 Å². The van der Waals surface area contributed by atoms with Crippen LogP contribution in [0, 0.1) is 0 Å². The number of benzene rings is 2. The number of thioether (sulfide) groups is 1. The van der Waals surface area contributed by atoms with Crippen molar-refractivity contribution in [1.82, 2.24) is 5.43 Å². The molecule has 1 aliphatic rings. The Bertz CT molecular complexity index is 842. The van der Waals surface area contributed by atoms with Crippen molar-refractivity contribution in [3.8, 4) is 11.5 Å². The summed E-state index contributed by atoms with van der Waals surface area (Å²) in [6.45, 7) is 3.09. The molecule has 142 valence electrons. The monoisotopic (exact) mass is 404 g/mol. The molecular weight excluding hydrogens is 384 g/mol. The Balaban J connectivity index is 1.55. The smallest absolute Gasteiger partial charge is 0.250 e. The number of carbonyl (C=O) groups excluding carboxylic acids is 1. The SMILES string of the molecule is CCC(=NNC(=O)CSCc1ccccc1Cl)c1ccc2c(c1)OCCO2. The van der Waals surface area contributed by atoms with Crippen LogP contribution < -0.4 is 14.9 Å². The highest BCUT2D eigenvalue weighted by molar-refractivity contribution is 7.99. The van der Waals surface area contributed by atoms with E-state index in [1.165, 1.54) is 11.8 Å². The van der Waals surface area contributed by atoms with Gasteiger partial charge in [-0.1, -0.05) is 36.7 Å². The lowest BCUT2D eigenvalue weighted by Gasteiger charge is -2.19. The van der Waals surface area contributed by atoms with Crippen molar-refractivity contribution < 1.29 is 14.3 Å². The van der Waals surface area contributed by atoms with Gasteiger partial charge in [0.2, 0.25) is 5.91 Å². The van der Waals surface area contributed by atoms with E-state index in [0.717, 1.165) is 27.6 Å². The van der Waals surface area contributed by atoms with Gasteiger partial charge in [0.25, 0.3) is 0 Å². The van der Waals surface area contributed by atoms with Crippen molar-refractivity contribution in [3.63, 3.8) is 0 Å². The van der Waals surface area contributed by atoms with Crippen molar-refractivity contribution in [2.24, 2.45) is 5.10 Å². The standard InChI is InChI=1S/C20H21ClN2O3S/c1-2-17(14-7-8-18-19(11-14)26-10-9-25-18)22-23-20(24)13-27-12-15-5-3-4-6-16(15)21/h3-8,11H,2,9-10,12-13H2,1H3,(H,23,24). The zero-order valence-corrected chi connectivity index (χ0v) is 16.6. The van der Waals surface area contributed by atoms with E-state index in [-0.39, 0.29) is 5.91 Å². The Hall–Kier alpha value is -2.18. The van der Waals surface area contributed by atoms with Crippen LogP contribution in [-0.2, 0) is 10.5 Å². The molecule has 0 aromatic heterocycles. The molecule has 2 aromatic carbocycles. The number of rotatable bonds is 7. The fourth-order valence-electron chi connectivity index (χ4n) is 2.60. The van der Waals surface area contributed by atoms with Crippen molar-refractivity contribution >= 4 is 35.0 Å². The molecule has 5 nitrogen and oxygen atoms in total.